The zero-order valence-corrected chi connectivity index (χ0v) is 26.4. The minimum Gasteiger partial charge on any atom is -0.462 e. The monoisotopic (exact) mass is 588 g/mol. The molecule has 0 fully saturated rings. The molecule has 2 unspecified atom stereocenters. The molecule has 0 radical (unpaired) electrons. The number of ether oxygens (including phenoxy) is 2. The standard InChI is InChI=1S/C30H54NO8P/c1-6-8-10-11-12-13-14-15-16-17-18-19-21-23-30(33)39-28(26-36-29(32)22-20-9-7-2)27-38-40(34,35)37-25-24-31(3,4)5/h8,10,12-13,15-16,28H,6-7,9,11,14,17-27H2,1-5H3/p+1/b10-8-,13-12-,16-15-. The molecule has 9 nitrogen and oxygen atoms in total. The molecule has 0 aromatic heterocycles. The number of allylic oxidation sites excluding steroid dienone is 6. The minimum atomic E-state index is -4.35. The van der Waals surface area contributed by atoms with Crippen LogP contribution in [-0.2, 0) is 32.7 Å². The predicted octanol–water partition coefficient (Wildman–Crippen LogP) is 6.67. The van der Waals surface area contributed by atoms with Crippen molar-refractivity contribution in [2.45, 2.75) is 97.0 Å². The van der Waals surface area contributed by atoms with E-state index in [-0.39, 0.29) is 26.1 Å². The fourth-order valence-electron chi connectivity index (χ4n) is 3.32. The second-order valence-electron chi connectivity index (χ2n) is 10.8. The zero-order valence-electron chi connectivity index (χ0n) is 25.6. The fourth-order valence-corrected chi connectivity index (χ4v) is 4.06. The number of esters is 2. The number of likely N-dealkylation sites (N-methyl/N-ethyl adjacent to an activating group) is 1. The molecule has 232 valence electrons. The smallest absolute Gasteiger partial charge is 0.462 e. The van der Waals surface area contributed by atoms with Crippen LogP contribution in [0.15, 0.2) is 36.5 Å². The Morgan fingerprint density at radius 1 is 0.800 bits per heavy atom. The van der Waals surface area contributed by atoms with E-state index in [0.29, 0.717) is 23.9 Å². The van der Waals surface area contributed by atoms with Gasteiger partial charge in [0, 0.05) is 12.8 Å². The maximum absolute atomic E-state index is 12.4. The van der Waals surface area contributed by atoms with E-state index in [9.17, 15) is 19.0 Å². The van der Waals surface area contributed by atoms with Crippen molar-refractivity contribution in [3.8, 4) is 0 Å². The Morgan fingerprint density at radius 2 is 1.43 bits per heavy atom. The highest BCUT2D eigenvalue weighted by Gasteiger charge is 2.27. The summed E-state index contributed by atoms with van der Waals surface area (Å²) in [6, 6.07) is 0. The molecule has 0 amide bonds. The van der Waals surface area contributed by atoms with Crippen LogP contribution in [0.2, 0.25) is 0 Å². The Kier molecular flexibility index (Phi) is 22.8. The van der Waals surface area contributed by atoms with Crippen LogP contribution in [0.3, 0.4) is 0 Å². The van der Waals surface area contributed by atoms with Crippen LogP contribution >= 0.6 is 7.82 Å². The Hall–Kier alpha value is -1.77. The van der Waals surface area contributed by atoms with Gasteiger partial charge in [0.15, 0.2) is 6.10 Å². The molecule has 1 N–H and O–H groups in total. The van der Waals surface area contributed by atoms with Gasteiger partial charge in [-0.15, -0.1) is 0 Å². The summed E-state index contributed by atoms with van der Waals surface area (Å²) in [6.45, 7) is 4.03. The highest BCUT2D eigenvalue weighted by Crippen LogP contribution is 2.43. The topological polar surface area (TPSA) is 108 Å². The number of phosphoric ester groups is 1. The summed E-state index contributed by atoms with van der Waals surface area (Å²) in [5.74, 6) is -0.870. The molecular weight excluding hydrogens is 533 g/mol. The summed E-state index contributed by atoms with van der Waals surface area (Å²) in [5.41, 5.74) is 0. The van der Waals surface area contributed by atoms with E-state index in [1.807, 2.05) is 28.1 Å². The highest BCUT2D eigenvalue weighted by molar-refractivity contribution is 7.47. The molecule has 0 aliphatic carbocycles. The maximum Gasteiger partial charge on any atom is 0.472 e. The van der Waals surface area contributed by atoms with Gasteiger partial charge in [-0.1, -0.05) is 69.6 Å². The molecular formula is C30H55NO8P+. The number of unbranched alkanes of at least 4 members (excludes halogenated alkanes) is 5. The molecule has 0 aliphatic heterocycles. The van der Waals surface area contributed by atoms with Gasteiger partial charge in [0.05, 0.1) is 27.7 Å². The molecule has 0 heterocycles. The number of hydrogen-bond acceptors (Lipinski definition) is 7. The number of quaternary nitrogens is 1. The number of rotatable bonds is 25. The predicted molar refractivity (Wildman–Crippen MR) is 160 cm³/mol. The first-order chi connectivity index (χ1) is 19.0. The molecule has 0 rings (SSSR count). The first-order valence-electron chi connectivity index (χ1n) is 14.7. The summed E-state index contributed by atoms with van der Waals surface area (Å²) in [6.07, 6.45) is 21.4. The van der Waals surface area contributed by atoms with E-state index in [0.717, 1.165) is 51.4 Å². The average Bonchev–Trinajstić information content (AvgIpc) is 2.87. The van der Waals surface area contributed by atoms with Crippen molar-refractivity contribution in [2.24, 2.45) is 0 Å². The second-order valence-corrected chi connectivity index (χ2v) is 12.2. The Balaban J connectivity index is 4.50. The van der Waals surface area contributed by atoms with Gasteiger partial charge in [-0.05, 0) is 44.9 Å². The minimum absolute atomic E-state index is 0.0245. The van der Waals surface area contributed by atoms with Gasteiger partial charge >= 0.3 is 19.8 Å². The van der Waals surface area contributed by atoms with E-state index in [4.69, 9.17) is 18.5 Å². The van der Waals surface area contributed by atoms with Crippen LogP contribution < -0.4 is 0 Å². The van der Waals surface area contributed by atoms with Crippen molar-refractivity contribution in [3.63, 3.8) is 0 Å². The van der Waals surface area contributed by atoms with Gasteiger partial charge in [0.2, 0.25) is 0 Å². The van der Waals surface area contributed by atoms with Gasteiger partial charge in [0.25, 0.3) is 0 Å². The number of hydrogen-bond donors (Lipinski definition) is 1. The quantitative estimate of drug-likeness (QED) is 0.0414. The lowest BCUT2D eigenvalue weighted by Gasteiger charge is -2.24. The summed E-state index contributed by atoms with van der Waals surface area (Å²) in [4.78, 5) is 34.4. The Morgan fingerprint density at radius 3 is 2.08 bits per heavy atom. The van der Waals surface area contributed by atoms with Crippen LogP contribution in [0.25, 0.3) is 0 Å². The third-order valence-electron chi connectivity index (χ3n) is 5.68. The summed E-state index contributed by atoms with van der Waals surface area (Å²) >= 11 is 0. The number of phosphoric acid groups is 1. The first-order valence-corrected chi connectivity index (χ1v) is 16.2. The Labute approximate surface area is 242 Å². The molecule has 2 atom stereocenters. The van der Waals surface area contributed by atoms with E-state index >= 15 is 0 Å². The summed E-state index contributed by atoms with van der Waals surface area (Å²) in [5, 5.41) is 0. The van der Waals surface area contributed by atoms with E-state index in [2.05, 4.69) is 43.4 Å². The van der Waals surface area contributed by atoms with Crippen molar-refractivity contribution in [1.29, 1.82) is 0 Å². The SMILES string of the molecule is CC/C=C\C/C=C\C/C=C\CCCCCC(=O)OC(COC(=O)CCCCC)COP(=O)(O)OCC[N+](C)(C)C. The van der Waals surface area contributed by atoms with Crippen molar-refractivity contribution >= 4 is 19.8 Å². The van der Waals surface area contributed by atoms with E-state index in [1.165, 1.54) is 0 Å². The maximum atomic E-state index is 12.4. The lowest BCUT2D eigenvalue weighted by molar-refractivity contribution is -0.870. The van der Waals surface area contributed by atoms with Crippen molar-refractivity contribution in [3.05, 3.63) is 36.5 Å². The highest BCUT2D eigenvalue weighted by atomic mass is 31.2. The van der Waals surface area contributed by atoms with E-state index in [1.54, 1.807) is 0 Å². The first kappa shape index (κ1) is 38.2. The van der Waals surface area contributed by atoms with Crippen molar-refractivity contribution in [2.75, 3.05) is 47.5 Å². The van der Waals surface area contributed by atoms with Crippen molar-refractivity contribution < 1.29 is 42.1 Å². The number of nitrogens with zero attached hydrogens (tertiary/aromatic N) is 1. The van der Waals surface area contributed by atoms with Crippen LogP contribution in [0.1, 0.15) is 90.9 Å². The largest absolute Gasteiger partial charge is 0.472 e. The van der Waals surface area contributed by atoms with Crippen LogP contribution in [0.5, 0.6) is 0 Å². The zero-order chi connectivity index (χ0) is 30.1. The van der Waals surface area contributed by atoms with Gasteiger partial charge in [-0.2, -0.15) is 0 Å². The van der Waals surface area contributed by atoms with Crippen LogP contribution in [0.4, 0.5) is 0 Å². The van der Waals surface area contributed by atoms with E-state index < -0.39 is 32.5 Å². The molecule has 10 heteroatoms. The summed E-state index contributed by atoms with van der Waals surface area (Å²) in [7, 11) is 1.44. The molecule has 0 spiro atoms. The number of carbonyl (C=O) groups is 2. The lowest BCUT2D eigenvalue weighted by atomic mass is 10.1. The molecule has 0 aliphatic rings. The summed E-state index contributed by atoms with van der Waals surface area (Å²) < 4.78 is 33.6. The molecule has 0 saturated carbocycles. The molecule has 0 bridgehead atoms. The fraction of sp³-hybridized carbons (Fsp3) is 0.733. The van der Waals surface area contributed by atoms with Gasteiger partial charge in [-0.25, -0.2) is 4.57 Å². The van der Waals surface area contributed by atoms with Gasteiger partial charge in [-0.3, -0.25) is 18.6 Å². The lowest BCUT2D eigenvalue weighted by Crippen LogP contribution is -2.37. The normalized spacial score (nSPS) is 14.7. The molecule has 0 aromatic rings. The third-order valence-corrected chi connectivity index (χ3v) is 6.67. The van der Waals surface area contributed by atoms with Crippen LogP contribution in [0, 0.1) is 0 Å². The third kappa shape index (κ3) is 26.5. The average molecular weight is 589 g/mol. The molecule has 40 heavy (non-hydrogen) atoms. The van der Waals surface area contributed by atoms with Crippen molar-refractivity contribution in [1.82, 2.24) is 0 Å². The van der Waals surface area contributed by atoms with Crippen LogP contribution in [-0.4, -0.2) is 74.9 Å². The Bertz CT molecular complexity index is 804. The second kappa shape index (κ2) is 23.9. The molecule has 0 saturated heterocycles. The molecule has 0 aromatic carbocycles. The van der Waals surface area contributed by atoms with Gasteiger partial charge in [0.1, 0.15) is 19.8 Å². The number of carbonyl (C=O) groups excluding carboxylic acids is 2. The van der Waals surface area contributed by atoms with Gasteiger partial charge < -0.3 is 18.9 Å².